The topological polar surface area (TPSA) is 41.6 Å². The van der Waals surface area contributed by atoms with Gasteiger partial charge in [-0.3, -0.25) is 10.1 Å². The average Bonchev–Trinajstić information content (AvgIpc) is 3.26. The number of hydrogen-bond donors (Lipinski definition) is 1. The van der Waals surface area contributed by atoms with Crippen LogP contribution in [-0.4, -0.2) is 42.3 Å². The van der Waals surface area contributed by atoms with Crippen LogP contribution >= 0.6 is 0 Å². The normalized spacial score (nSPS) is 27.9. The van der Waals surface area contributed by atoms with Crippen LogP contribution in [0.5, 0.6) is 0 Å². The second kappa shape index (κ2) is 5.64. The maximum Gasteiger partial charge on any atom is 0.244 e. The first-order valence-electron chi connectivity index (χ1n) is 8.27. The lowest BCUT2D eigenvalue weighted by Crippen LogP contribution is -2.39. The number of amides is 1. The first-order chi connectivity index (χ1) is 9.61. The molecule has 0 aromatic carbocycles. The van der Waals surface area contributed by atoms with Crippen LogP contribution in [0.4, 0.5) is 0 Å². The Bertz CT molecular complexity index is 361. The Morgan fingerprint density at radius 3 is 2.75 bits per heavy atom. The summed E-state index contributed by atoms with van der Waals surface area (Å²) in [6, 6.07) is 0. The Balaban J connectivity index is 1.45. The summed E-state index contributed by atoms with van der Waals surface area (Å²) in [5, 5.41) is 3.58. The summed E-state index contributed by atoms with van der Waals surface area (Å²) in [5.74, 6) is 1.78. The highest BCUT2D eigenvalue weighted by Crippen LogP contribution is 2.43. The zero-order chi connectivity index (χ0) is 14.2. The molecule has 0 aromatic rings. The smallest absolute Gasteiger partial charge is 0.244 e. The van der Waals surface area contributed by atoms with Gasteiger partial charge < -0.3 is 9.64 Å². The third-order valence-corrected chi connectivity index (χ3v) is 4.67. The van der Waals surface area contributed by atoms with Crippen molar-refractivity contribution in [1.82, 2.24) is 10.2 Å². The quantitative estimate of drug-likeness (QED) is 0.693. The number of nitrogens with one attached hydrogen (secondary N) is 1. The van der Waals surface area contributed by atoms with E-state index in [2.05, 4.69) is 24.1 Å². The predicted molar refractivity (Wildman–Crippen MR) is 78.2 cm³/mol. The molecular formula is C16H28N2O2. The van der Waals surface area contributed by atoms with Gasteiger partial charge in [0, 0.05) is 19.8 Å². The van der Waals surface area contributed by atoms with Gasteiger partial charge >= 0.3 is 0 Å². The molecule has 3 aliphatic rings. The summed E-state index contributed by atoms with van der Waals surface area (Å²) in [5.41, 5.74) is -0.172. The molecule has 1 saturated heterocycles. The second-order valence-corrected chi connectivity index (χ2v) is 7.24. The van der Waals surface area contributed by atoms with Crippen molar-refractivity contribution < 1.29 is 9.53 Å². The summed E-state index contributed by atoms with van der Waals surface area (Å²) in [6.07, 6.45) is 6.99. The monoisotopic (exact) mass is 280 g/mol. The molecule has 1 amide bonds. The number of carbonyl (C=O) groups is 1. The minimum absolute atomic E-state index is 0.172. The molecule has 114 valence electrons. The lowest BCUT2D eigenvalue weighted by Gasteiger charge is -2.25. The fraction of sp³-hybridized carbons (Fsp3) is 0.938. The van der Waals surface area contributed by atoms with E-state index in [0.29, 0.717) is 11.8 Å². The molecule has 3 rings (SSSR count). The first-order valence-corrected chi connectivity index (χ1v) is 8.27. The standard InChI is InChI=1S/C16H28N2O2/c1-12(2)10-14-17-16(6-7-16)15(19)18(14)8-3-9-20-11-13-4-5-13/h12-14,17H,3-11H2,1-2H3. The van der Waals surface area contributed by atoms with Crippen LogP contribution < -0.4 is 5.32 Å². The van der Waals surface area contributed by atoms with Crippen molar-refractivity contribution in [3.05, 3.63) is 0 Å². The molecule has 1 unspecified atom stereocenters. The molecule has 1 N–H and O–H groups in total. The Morgan fingerprint density at radius 2 is 2.15 bits per heavy atom. The minimum atomic E-state index is -0.172. The fourth-order valence-electron chi connectivity index (χ4n) is 3.12. The highest BCUT2D eigenvalue weighted by atomic mass is 16.5. The number of carbonyl (C=O) groups excluding carboxylic acids is 1. The molecular weight excluding hydrogens is 252 g/mol. The lowest BCUT2D eigenvalue weighted by atomic mass is 10.1. The Labute approximate surface area is 122 Å². The Kier molecular flexibility index (Phi) is 4.04. The molecule has 2 aliphatic carbocycles. The summed E-state index contributed by atoms with van der Waals surface area (Å²) >= 11 is 0. The molecule has 20 heavy (non-hydrogen) atoms. The summed E-state index contributed by atoms with van der Waals surface area (Å²) in [4.78, 5) is 14.6. The van der Waals surface area contributed by atoms with Gasteiger partial charge in [0.05, 0.1) is 11.7 Å². The van der Waals surface area contributed by atoms with Gasteiger partial charge in [-0.1, -0.05) is 13.8 Å². The lowest BCUT2D eigenvalue weighted by molar-refractivity contribution is -0.131. The van der Waals surface area contributed by atoms with Gasteiger partial charge in [0.2, 0.25) is 5.91 Å². The number of nitrogens with zero attached hydrogens (tertiary/aromatic N) is 1. The first kappa shape index (κ1) is 14.3. The molecule has 2 saturated carbocycles. The van der Waals surface area contributed by atoms with Gasteiger partial charge in [-0.2, -0.15) is 0 Å². The number of hydrogen-bond acceptors (Lipinski definition) is 3. The van der Waals surface area contributed by atoms with E-state index in [9.17, 15) is 4.79 Å². The number of ether oxygens (including phenoxy) is 1. The molecule has 1 heterocycles. The minimum Gasteiger partial charge on any atom is -0.381 e. The maximum absolute atomic E-state index is 12.5. The van der Waals surface area contributed by atoms with Crippen molar-refractivity contribution in [2.24, 2.45) is 11.8 Å². The highest BCUT2D eigenvalue weighted by Gasteiger charge is 2.58. The molecule has 0 radical (unpaired) electrons. The SMILES string of the molecule is CC(C)CC1NC2(CC2)C(=O)N1CCCOCC1CC1. The molecule has 3 fully saturated rings. The van der Waals surface area contributed by atoms with Crippen LogP contribution in [0.2, 0.25) is 0 Å². The van der Waals surface area contributed by atoms with E-state index >= 15 is 0 Å². The molecule has 4 nitrogen and oxygen atoms in total. The van der Waals surface area contributed by atoms with Crippen LogP contribution in [0.25, 0.3) is 0 Å². The van der Waals surface area contributed by atoms with E-state index in [1.54, 1.807) is 0 Å². The predicted octanol–water partition coefficient (Wildman–Crippen LogP) is 2.14. The number of rotatable bonds is 8. The van der Waals surface area contributed by atoms with E-state index in [4.69, 9.17) is 4.74 Å². The summed E-state index contributed by atoms with van der Waals surface area (Å²) in [6.45, 7) is 7.00. The second-order valence-electron chi connectivity index (χ2n) is 7.24. The summed E-state index contributed by atoms with van der Waals surface area (Å²) < 4.78 is 5.68. The highest BCUT2D eigenvalue weighted by molar-refractivity contribution is 5.91. The van der Waals surface area contributed by atoms with Crippen LogP contribution in [0, 0.1) is 11.8 Å². The van der Waals surface area contributed by atoms with E-state index in [-0.39, 0.29) is 11.7 Å². The molecule has 1 aliphatic heterocycles. The van der Waals surface area contributed by atoms with Crippen molar-refractivity contribution in [2.75, 3.05) is 19.8 Å². The molecule has 1 spiro atoms. The van der Waals surface area contributed by atoms with Crippen molar-refractivity contribution >= 4 is 5.91 Å². The maximum atomic E-state index is 12.5. The zero-order valence-electron chi connectivity index (χ0n) is 12.9. The van der Waals surface area contributed by atoms with Crippen molar-refractivity contribution in [3.63, 3.8) is 0 Å². The van der Waals surface area contributed by atoms with Crippen molar-refractivity contribution in [3.8, 4) is 0 Å². The molecule has 1 atom stereocenters. The van der Waals surface area contributed by atoms with Gasteiger partial charge in [-0.05, 0) is 50.4 Å². The third kappa shape index (κ3) is 3.17. The average molecular weight is 280 g/mol. The van der Waals surface area contributed by atoms with Gasteiger partial charge in [0.15, 0.2) is 0 Å². The van der Waals surface area contributed by atoms with Crippen LogP contribution in [0.15, 0.2) is 0 Å². The third-order valence-electron chi connectivity index (χ3n) is 4.67. The van der Waals surface area contributed by atoms with E-state index in [1.165, 1.54) is 12.8 Å². The molecule has 4 heteroatoms. The zero-order valence-corrected chi connectivity index (χ0v) is 12.9. The van der Waals surface area contributed by atoms with Crippen LogP contribution in [-0.2, 0) is 9.53 Å². The van der Waals surface area contributed by atoms with Gasteiger partial charge in [0.1, 0.15) is 0 Å². The van der Waals surface area contributed by atoms with Crippen molar-refractivity contribution in [1.29, 1.82) is 0 Å². The Hall–Kier alpha value is -0.610. The van der Waals surface area contributed by atoms with E-state index in [0.717, 1.165) is 51.4 Å². The van der Waals surface area contributed by atoms with Crippen LogP contribution in [0.3, 0.4) is 0 Å². The molecule has 0 bridgehead atoms. The van der Waals surface area contributed by atoms with E-state index in [1.807, 2.05) is 0 Å². The van der Waals surface area contributed by atoms with E-state index < -0.39 is 0 Å². The summed E-state index contributed by atoms with van der Waals surface area (Å²) in [7, 11) is 0. The van der Waals surface area contributed by atoms with Crippen LogP contribution in [0.1, 0.15) is 52.4 Å². The van der Waals surface area contributed by atoms with Gasteiger partial charge in [0.25, 0.3) is 0 Å². The van der Waals surface area contributed by atoms with Gasteiger partial charge in [-0.15, -0.1) is 0 Å². The fourth-order valence-corrected chi connectivity index (χ4v) is 3.12. The van der Waals surface area contributed by atoms with Crippen molar-refractivity contribution in [2.45, 2.75) is 64.1 Å². The Morgan fingerprint density at radius 1 is 1.40 bits per heavy atom. The molecule has 0 aromatic heterocycles. The van der Waals surface area contributed by atoms with Gasteiger partial charge in [-0.25, -0.2) is 0 Å². The largest absolute Gasteiger partial charge is 0.381 e.